The number of nitro benzene ring substituents is 1. The molecule has 0 unspecified atom stereocenters. The minimum Gasteiger partial charge on any atom is -0.469 e. The summed E-state index contributed by atoms with van der Waals surface area (Å²) in [6.45, 7) is 3.48. The number of rotatable bonds is 6. The van der Waals surface area contributed by atoms with Gasteiger partial charge in [0.25, 0.3) is 11.2 Å². The molecule has 0 atom stereocenters. The first kappa shape index (κ1) is 20.6. The van der Waals surface area contributed by atoms with Crippen molar-refractivity contribution >= 4 is 23.2 Å². The first-order chi connectivity index (χ1) is 14.3. The maximum Gasteiger partial charge on any atom is 0.311 e. The van der Waals surface area contributed by atoms with Crippen molar-refractivity contribution in [3.63, 3.8) is 0 Å². The maximum absolute atomic E-state index is 13.1. The van der Waals surface area contributed by atoms with Crippen molar-refractivity contribution < 1.29 is 14.5 Å². The number of pyridine rings is 1. The molecule has 0 radical (unpaired) electrons. The molecule has 0 aliphatic carbocycles. The second kappa shape index (κ2) is 8.52. The number of benzene rings is 1. The number of hydrogen-bond acceptors (Lipinski definition) is 7. The first-order valence-corrected chi connectivity index (χ1v) is 8.95. The third-order valence-electron chi connectivity index (χ3n) is 4.35. The zero-order valence-electron chi connectivity index (χ0n) is 16.6. The SMILES string of the molecule is COC(=O)Cc1[nH]n(-c2ccc([N+](=O)[O-])cc2)c(=O)c1/C(C)=N/c1cccc(C)n1. The molecule has 3 rings (SSSR count). The lowest BCUT2D eigenvalue weighted by Crippen LogP contribution is -2.20. The number of hydrogen-bond donors (Lipinski definition) is 1. The third-order valence-corrected chi connectivity index (χ3v) is 4.35. The summed E-state index contributed by atoms with van der Waals surface area (Å²) in [7, 11) is 1.26. The van der Waals surface area contributed by atoms with E-state index in [1.807, 2.05) is 13.0 Å². The molecular formula is C20H19N5O5. The molecule has 0 aliphatic rings. The predicted molar refractivity (Wildman–Crippen MR) is 110 cm³/mol. The summed E-state index contributed by atoms with van der Waals surface area (Å²) in [5.41, 5.74) is 1.50. The van der Waals surface area contributed by atoms with Gasteiger partial charge in [0, 0.05) is 17.8 Å². The van der Waals surface area contributed by atoms with Gasteiger partial charge in [-0.15, -0.1) is 0 Å². The van der Waals surface area contributed by atoms with Crippen LogP contribution in [0, 0.1) is 17.0 Å². The van der Waals surface area contributed by atoms with E-state index in [0.29, 0.717) is 22.9 Å². The number of nitrogens with one attached hydrogen (secondary N) is 1. The summed E-state index contributed by atoms with van der Waals surface area (Å²) >= 11 is 0. The van der Waals surface area contributed by atoms with Crippen LogP contribution in [0.1, 0.15) is 23.9 Å². The summed E-state index contributed by atoms with van der Waals surface area (Å²) in [6.07, 6.45) is -0.171. The average molecular weight is 409 g/mol. The van der Waals surface area contributed by atoms with Gasteiger partial charge in [-0.3, -0.25) is 24.8 Å². The third kappa shape index (κ3) is 4.32. The number of H-pyrrole nitrogens is 1. The van der Waals surface area contributed by atoms with Gasteiger partial charge in [0.2, 0.25) is 0 Å². The van der Waals surface area contributed by atoms with Crippen LogP contribution in [0.2, 0.25) is 0 Å². The number of ether oxygens (including phenoxy) is 1. The van der Waals surface area contributed by atoms with Gasteiger partial charge in [-0.2, -0.15) is 0 Å². The molecule has 0 fully saturated rings. The number of aromatic nitrogens is 3. The smallest absolute Gasteiger partial charge is 0.311 e. The lowest BCUT2D eigenvalue weighted by molar-refractivity contribution is -0.384. The highest BCUT2D eigenvalue weighted by atomic mass is 16.6. The number of aliphatic imine (C=N–C) groups is 1. The summed E-state index contributed by atoms with van der Waals surface area (Å²) < 4.78 is 5.93. The number of esters is 1. The van der Waals surface area contributed by atoms with Crippen LogP contribution in [-0.4, -0.2) is 38.5 Å². The van der Waals surface area contributed by atoms with E-state index in [9.17, 15) is 19.7 Å². The van der Waals surface area contributed by atoms with Crippen LogP contribution in [0.25, 0.3) is 5.69 Å². The molecule has 0 bridgehead atoms. The monoisotopic (exact) mass is 409 g/mol. The Kier molecular flexibility index (Phi) is 5.86. The highest BCUT2D eigenvalue weighted by molar-refractivity contribution is 6.01. The van der Waals surface area contributed by atoms with E-state index >= 15 is 0 Å². The molecule has 1 N–H and O–H groups in total. The van der Waals surface area contributed by atoms with Crippen molar-refractivity contribution in [2.45, 2.75) is 20.3 Å². The van der Waals surface area contributed by atoms with Crippen LogP contribution in [-0.2, 0) is 16.0 Å². The van der Waals surface area contributed by atoms with Crippen molar-refractivity contribution in [3.8, 4) is 5.69 Å². The summed E-state index contributed by atoms with van der Waals surface area (Å²) in [4.78, 5) is 44.0. The van der Waals surface area contributed by atoms with Crippen molar-refractivity contribution in [1.29, 1.82) is 0 Å². The molecule has 2 aromatic heterocycles. The quantitative estimate of drug-likeness (QED) is 0.288. The van der Waals surface area contributed by atoms with E-state index < -0.39 is 16.5 Å². The normalized spacial score (nSPS) is 11.4. The van der Waals surface area contributed by atoms with E-state index in [1.165, 1.54) is 36.1 Å². The van der Waals surface area contributed by atoms with Gasteiger partial charge in [0.15, 0.2) is 5.82 Å². The average Bonchev–Trinajstić information content (AvgIpc) is 3.03. The van der Waals surface area contributed by atoms with E-state index in [1.54, 1.807) is 19.1 Å². The fraction of sp³-hybridized carbons (Fsp3) is 0.200. The summed E-state index contributed by atoms with van der Waals surface area (Å²) in [5, 5.41) is 13.8. The van der Waals surface area contributed by atoms with Crippen LogP contribution >= 0.6 is 0 Å². The minimum absolute atomic E-state index is 0.100. The van der Waals surface area contributed by atoms with Crippen LogP contribution in [0.5, 0.6) is 0 Å². The van der Waals surface area contributed by atoms with Gasteiger partial charge in [0.1, 0.15) is 0 Å². The zero-order chi connectivity index (χ0) is 21.8. The number of non-ortho nitro benzene ring substituents is 1. The second-order valence-corrected chi connectivity index (χ2v) is 6.47. The molecule has 3 aromatic rings. The van der Waals surface area contributed by atoms with Gasteiger partial charge in [0.05, 0.1) is 41.1 Å². The van der Waals surface area contributed by atoms with Gasteiger partial charge >= 0.3 is 5.97 Å². The number of nitrogens with zero attached hydrogens (tertiary/aromatic N) is 4. The number of methoxy groups -OCH3 is 1. The van der Waals surface area contributed by atoms with Gasteiger partial charge in [-0.25, -0.2) is 14.7 Å². The van der Waals surface area contributed by atoms with Gasteiger partial charge < -0.3 is 4.74 Å². The van der Waals surface area contributed by atoms with Crippen molar-refractivity contribution in [3.05, 3.63) is 79.9 Å². The molecule has 1 aromatic carbocycles. The highest BCUT2D eigenvalue weighted by Crippen LogP contribution is 2.17. The standard InChI is InChI=1S/C20H19N5O5/c1-12-5-4-6-17(21-12)22-13(2)19-16(11-18(26)30-3)23-24(20(19)27)14-7-9-15(10-8-14)25(28)29/h4-10,23H,11H2,1-3H3/b22-13+. The largest absolute Gasteiger partial charge is 0.469 e. The van der Waals surface area contributed by atoms with E-state index in [-0.39, 0.29) is 17.7 Å². The van der Waals surface area contributed by atoms with Gasteiger partial charge in [-0.1, -0.05) is 6.07 Å². The lowest BCUT2D eigenvalue weighted by Gasteiger charge is -2.02. The molecule has 154 valence electrons. The molecule has 10 nitrogen and oxygen atoms in total. The Morgan fingerprint density at radius 1 is 1.27 bits per heavy atom. The molecule has 10 heteroatoms. The Labute approximate surface area is 171 Å². The topological polar surface area (TPSA) is 132 Å². The van der Waals surface area contributed by atoms with Gasteiger partial charge in [-0.05, 0) is 38.1 Å². The highest BCUT2D eigenvalue weighted by Gasteiger charge is 2.21. The Morgan fingerprint density at radius 2 is 1.97 bits per heavy atom. The number of carbonyl (C=O) groups excluding carboxylic acids is 1. The fourth-order valence-electron chi connectivity index (χ4n) is 2.92. The fourth-order valence-corrected chi connectivity index (χ4v) is 2.92. The maximum atomic E-state index is 13.1. The molecule has 30 heavy (non-hydrogen) atoms. The first-order valence-electron chi connectivity index (χ1n) is 8.95. The number of nitro groups is 1. The van der Waals surface area contributed by atoms with Crippen LogP contribution < -0.4 is 5.56 Å². The van der Waals surface area contributed by atoms with E-state index in [2.05, 4.69) is 15.1 Å². The molecule has 0 spiro atoms. The number of aromatic amines is 1. The second-order valence-electron chi connectivity index (χ2n) is 6.47. The van der Waals surface area contributed by atoms with Crippen LogP contribution in [0.3, 0.4) is 0 Å². The van der Waals surface area contributed by atoms with Crippen molar-refractivity contribution in [1.82, 2.24) is 14.8 Å². The Bertz CT molecular complexity index is 1190. The Hall–Kier alpha value is -4.08. The lowest BCUT2D eigenvalue weighted by atomic mass is 10.1. The van der Waals surface area contributed by atoms with Crippen molar-refractivity contribution in [2.24, 2.45) is 4.99 Å². The Morgan fingerprint density at radius 3 is 2.57 bits per heavy atom. The molecular weight excluding hydrogens is 390 g/mol. The number of carbonyl (C=O) groups is 1. The minimum atomic E-state index is -0.533. The van der Waals surface area contributed by atoms with Crippen molar-refractivity contribution in [2.75, 3.05) is 7.11 Å². The molecule has 0 amide bonds. The zero-order valence-corrected chi connectivity index (χ0v) is 16.6. The van der Waals surface area contributed by atoms with Crippen LogP contribution in [0.4, 0.5) is 11.5 Å². The van der Waals surface area contributed by atoms with Crippen LogP contribution in [0.15, 0.2) is 52.3 Å². The Balaban J connectivity index is 2.12. The molecule has 0 saturated carbocycles. The predicted octanol–water partition coefficient (Wildman–Crippen LogP) is 2.63. The van der Waals surface area contributed by atoms with E-state index in [0.717, 1.165) is 5.69 Å². The summed E-state index contributed by atoms with van der Waals surface area (Å²) in [6, 6.07) is 10.8. The molecule has 0 aliphatic heterocycles. The molecule has 0 saturated heterocycles. The van der Waals surface area contributed by atoms with E-state index in [4.69, 9.17) is 4.74 Å². The summed E-state index contributed by atoms with van der Waals surface area (Å²) in [5.74, 6) is -0.103. The number of aryl methyl sites for hydroxylation is 1. The molecule has 2 heterocycles.